The smallest absolute Gasteiger partial charge is 0.00965 e. The van der Waals surface area contributed by atoms with Crippen molar-refractivity contribution in [2.75, 3.05) is 13.1 Å². The molecule has 1 aliphatic rings. The van der Waals surface area contributed by atoms with E-state index in [0.29, 0.717) is 0 Å². The van der Waals surface area contributed by atoms with Gasteiger partial charge in [0.1, 0.15) is 0 Å². The van der Waals surface area contributed by atoms with Gasteiger partial charge in [0.2, 0.25) is 0 Å². The Hall–Kier alpha value is -0.0800. The first kappa shape index (κ1) is 16.0. The number of nitrogens with one attached hydrogen (secondary N) is 1. The Labute approximate surface area is 115 Å². The molecule has 3 unspecified atom stereocenters. The first-order valence-electron chi connectivity index (χ1n) is 7.82. The van der Waals surface area contributed by atoms with Crippen LogP contribution in [0.25, 0.3) is 0 Å². The van der Waals surface area contributed by atoms with Crippen molar-refractivity contribution >= 4 is 0 Å². The summed E-state index contributed by atoms with van der Waals surface area (Å²) in [4.78, 5) is 2.73. The van der Waals surface area contributed by atoms with Gasteiger partial charge >= 0.3 is 0 Å². The Morgan fingerprint density at radius 3 is 2.56 bits per heavy atom. The molecule has 0 aromatic heterocycles. The minimum absolute atomic E-state index is 0.260. The molecule has 2 heteroatoms. The summed E-state index contributed by atoms with van der Waals surface area (Å²) in [7, 11) is 0. The Morgan fingerprint density at radius 1 is 1.28 bits per heavy atom. The van der Waals surface area contributed by atoms with Crippen molar-refractivity contribution in [3.63, 3.8) is 0 Å². The molecule has 1 fully saturated rings. The van der Waals surface area contributed by atoms with E-state index in [1.807, 2.05) is 0 Å². The van der Waals surface area contributed by atoms with Gasteiger partial charge in [-0.3, -0.25) is 4.90 Å². The summed E-state index contributed by atoms with van der Waals surface area (Å²) in [5.74, 6) is 0.869. The molecule has 3 atom stereocenters. The van der Waals surface area contributed by atoms with E-state index in [4.69, 9.17) is 0 Å². The predicted octanol–water partition coefficient (Wildman–Crippen LogP) is 3.66. The Bertz CT molecular complexity index is 232. The number of hydrogen-bond donors (Lipinski definition) is 1. The molecule has 0 amide bonds. The van der Waals surface area contributed by atoms with E-state index >= 15 is 0 Å². The van der Waals surface area contributed by atoms with E-state index in [-0.39, 0.29) is 5.54 Å². The van der Waals surface area contributed by atoms with Crippen LogP contribution in [-0.4, -0.2) is 35.6 Å². The fraction of sp³-hybridized carbons (Fsp3) is 1.00. The summed E-state index contributed by atoms with van der Waals surface area (Å²) in [6.07, 6.45) is 5.40. The van der Waals surface area contributed by atoms with Crippen molar-refractivity contribution in [1.82, 2.24) is 10.2 Å². The molecule has 1 rings (SSSR count). The average Bonchev–Trinajstić information content (AvgIpc) is 2.26. The standard InChI is InChI=1S/C16H34N2/c1-13-9-8-12-18(15(13)3)14(2)10-7-11-17-16(4,5)6/h13-15,17H,7-12H2,1-6H3. The van der Waals surface area contributed by atoms with Gasteiger partial charge in [-0.15, -0.1) is 0 Å². The Morgan fingerprint density at radius 2 is 1.94 bits per heavy atom. The van der Waals surface area contributed by atoms with Crippen molar-refractivity contribution in [3.05, 3.63) is 0 Å². The molecule has 0 spiro atoms. The molecule has 18 heavy (non-hydrogen) atoms. The molecule has 0 aliphatic carbocycles. The highest BCUT2D eigenvalue weighted by Gasteiger charge is 2.27. The SMILES string of the molecule is CC1CCCN(C(C)CCCNC(C)(C)C)C1C. The zero-order valence-electron chi connectivity index (χ0n) is 13.4. The average molecular weight is 254 g/mol. The van der Waals surface area contributed by atoms with E-state index < -0.39 is 0 Å². The molecule has 0 bridgehead atoms. The first-order valence-corrected chi connectivity index (χ1v) is 7.82. The van der Waals surface area contributed by atoms with Crippen LogP contribution in [0.2, 0.25) is 0 Å². The van der Waals surface area contributed by atoms with Crippen molar-refractivity contribution in [1.29, 1.82) is 0 Å². The molecule has 1 N–H and O–H groups in total. The van der Waals surface area contributed by atoms with E-state index in [1.165, 1.54) is 32.2 Å². The molecular weight excluding hydrogens is 220 g/mol. The summed E-state index contributed by atoms with van der Waals surface area (Å²) in [5, 5.41) is 3.58. The summed E-state index contributed by atoms with van der Waals surface area (Å²) < 4.78 is 0. The monoisotopic (exact) mass is 254 g/mol. The lowest BCUT2D eigenvalue weighted by atomic mass is 9.90. The van der Waals surface area contributed by atoms with Crippen molar-refractivity contribution in [2.24, 2.45) is 5.92 Å². The third-order valence-electron chi connectivity index (χ3n) is 4.44. The van der Waals surface area contributed by atoms with Gasteiger partial charge in [0.15, 0.2) is 0 Å². The van der Waals surface area contributed by atoms with Crippen LogP contribution < -0.4 is 5.32 Å². The van der Waals surface area contributed by atoms with Crippen LogP contribution in [-0.2, 0) is 0 Å². The zero-order valence-corrected chi connectivity index (χ0v) is 13.4. The minimum atomic E-state index is 0.260. The van der Waals surface area contributed by atoms with Crippen LogP contribution in [0, 0.1) is 5.92 Å². The maximum absolute atomic E-state index is 3.58. The van der Waals surface area contributed by atoms with Gasteiger partial charge in [-0.05, 0) is 79.3 Å². The van der Waals surface area contributed by atoms with E-state index in [2.05, 4.69) is 51.8 Å². The molecular formula is C16H34N2. The van der Waals surface area contributed by atoms with Crippen LogP contribution in [0.1, 0.15) is 67.2 Å². The highest BCUT2D eigenvalue weighted by Crippen LogP contribution is 2.25. The fourth-order valence-electron chi connectivity index (χ4n) is 3.02. The normalized spacial score (nSPS) is 28.3. The fourth-order valence-corrected chi connectivity index (χ4v) is 3.02. The van der Waals surface area contributed by atoms with Crippen LogP contribution in [0.4, 0.5) is 0 Å². The number of likely N-dealkylation sites (tertiary alicyclic amines) is 1. The lowest BCUT2D eigenvalue weighted by molar-refractivity contribution is 0.0707. The quantitative estimate of drug-likeness (QED) is 0.753. The molecule has 1 aliphatic heterocycles. The van der Waals surface area contributed by atoms with Crippen molar-refractivity contribution in [3.8, 4) is 0 Å². The topological polar surface area (TPSA) is 15.3 Å². The third kappa shape index (κ3) is 5.27. The van der Waals surface area contributed by atoms with E-state index in [0.717, 1.165) is 24.5 Å². The largest absolute Gasteiger partial charge is 0.312 e. The second-order valence-electron chi connectivity index (χ2n) is 7.27. The van der Waals surface area contributed by atoms with Crippen molar-refractivity contribution < 1.29 is 0 Å². The number of hydrogen-bond acceptors (Lipinski definition) is 2. The van der Waals surface area contributed by atoms with Crippen LogP contribution in [0.5, 0.6) is 0 Å². The maximum atomic E-state index is 3.58. The molecule has 1 heterocycles. The van der Waals surface area contributed by atoms with Crippen LogP contribution in [0.15, 0.2) is 0 Å². The highest BCUT2D eigenvalue weighted by atomic mass is 15.2. The summed E-state index contributed by atoms with van der Waals surface area (Å²) in [6.45, 7) is 16.4. The lowest BCUT2D eigenvalue weighted by Gasteiger charge is -2.42. The first-order chi connectivity index (χ1) is 8.31. The lowest BCUT2D eigenvalue weighted by Crippen LogP contribution is -2.47. The molecule has 0 aromatic rings. The van der Waals surface area contributed by atoms with Crippen molar-refractivity contribution in [2.45, 2.75) is 84.8 Å². The third-order valence-corrected chi connectivity index (χ3v) is 4.44. The second kappa shape index (κ2) is 6.91. The van der Waals surface area contributed by atoms with Gasteiger partial charge in [0.25, 0.3) is 0 Å². The van der Waals surface area contributed by atoms with E-state index in [1.54, 1.807) is 0 Å². The minimum Gasteiger partial charge on any atom is -0.312 e. The number of nitrogens with zero attached hydrogens (tertiary/aromatic N) is 1. The van der Waals surface area contributed by atoms with Crippen LogP contribution >= 0.6 is 0 Å². The Balaban J connectivity index is 2.25. The zero-order chi connectivity index (χ0) is 13.8. The maximum Gasteiger partial charge on any atom is 0.00965 e. The molecule has 1 saturated heterocycles. The molecule has 2 nitrogen and oxygen atoms in total. The second-order valence-corrected chi connectivity index (χ2v) is 7.27. The van der Waals surface area contributed by atoms with Gasteiger partial charge in [-0.1, -0.05) is 6.92 Å². The van der Waals surface area contributed by atoms with Gasteiger partial charge < -0.3 is 5.32 Å². The van der Waals surface area contributed by atoms with Gasteiger partial charge in [-0.25, -0.2) is 0 Å². The molecule has 0 radical (unpaired) electrons. The predicted molar refractivity (Wildman–Crippen MR) is 81.0 cm³/mol. The Kier molecular flexibility index (Phi) is 6.13. The van der Waals surface area contributed by atoms with Gasteiger partial charge in [0, 0.05) is 17.6 Å². The number of piperidine rings is 1. The molecule has 0 aromatic carbocycles. The summed E-state index contributed by atoms with van der Waals surface area (Å²) in [5.41, 5.74) is 0.260. The van der Waals surface area contributed by atoms with Gasteiger partial charge in [-0.2, -0.15) is 0 Å². The van der Waals surface area contributed by atoms with E-state index in [9.17, 15) is 0 Å². The molecule has 108 valence electrons. The summed E-state index contributed by atoms with van der Waals surface area (Å²) >= 11 is 0. The number of rotatable bonds is 5. The van der Waals surface area contributed by atoms with Crippen LogP contribution in [0.3, 0.4) is 0 Å². The highest BCUT2D eigenvalue weighted by molar-refractivity contribution is 4.82. The molecule has 0 saturated carbocycles. The summed E-state index contributed by atoms with van der Waals surface area (Å²) in [6, 6.07) is 1.51. The van der Waals surface area contributed by atoms with Gasteiger partial charge in [0.05, 0.1) is 0 Å².